The smallest absolute Gasteiger partial charge is 0.0491 e. The summed E-state index contributed by atoms with van der Waals surface area (Å²) in [5.41, 5.74) is 9.71. The molecule has 0 aromatic heterocycles. The molecule has 0 aliphatic rings. The minimum atomic E-state index is -0.380. The van der Waals surface area contributed by atoms with E-state index in [-0.39, 0.29) is 10.8 Å². The highest BCUT2D eigenvalue weighted by Crippen LogP contribution is 2.46. The maximum absolute atomic E-state index is 2.35. The van der Waals surface area contributed by atoms with Gasteiger partial charge in [0.15, 0.2) is 0 Å². The zero-order valence-electron chi connectivity index (χ0n) is 26.0. The van der Waals surface area contributed by atoms with Crippen LogP contribution in [0.5, 0.6) is 0 Å². The molecule has 0 saturated carbocycles. The number of benzene rings is 7. The van der Waals surface area contributed by atoms with Crippen LogP contribution < -0.4 is 0 Å². The van der Waals surface area contributed by atoms with Crippen molar-refractivity contribution >= 4 is 0 Å². The molecule has 0 aliphatic carbocycles. The normalized spacial score (nSPS) is 11.7. The van der Waals surface area contributed by atoms with Crippen LogP contribution in [0.3, 0.4) is 0 Å². The van der Waals surface area contributed by atoms with E-state index in [1.54, 1.807) is 0 Å². The topological polar surface area (TPSA) is 0 Å². The second-order valence-corrected chi connectivity index (χ2v) is 12.1. The molecule has 222 valence electrons. The van der Waals surface area contributed by atoms with Gasteiger partial charge in [0.1, 0.15) is 0 Å². The van der Waals surface area contributed by atoms with Crippen LogP contribution in [0, 0.1) is 0 Å². The monoisotopic (exact) mass is 590 g/mol. The van der Waals surface area contributed by atoms with Crippen molar-refractivity contribution in [3.8, 4) is 0 Å². The van der Waals surface area contributed by atoms with E-state index in [1.807, 2.05) is 0 Å². The Morgan fingerprint density at radius 1 is 0.217 bits per heavy atom. The molecular formula is C46H38. The summed E-state index contributed by atoms with van der Waals surface area (Å²) in [6.45, 7) is 0. The fraction of sp³-hybridized carbons (Fsp3) is 0.0870. The van der Waals surface area contributed by atoms with Crippen LogP contribution in [0.4, 0.5) is 0 Å². The van der Waals surface area contributed by atoms with Crippen LogP contribution in [-0.4, -0.2) is 0 Å². The van der Waals surface area contributed by atoms with Crippen molar-refractivity contribution in [3.63, 3.8) is 0 Å². The molecule has 0 saturated heterocycles. The first-order valence-electron chi connectivity index (χ1n) is 16.2. The molecule has 0 heteroatoms. The van der Waals surface area contributed by atoms with Gasteiger partial charge in [-0.15, -0.1) is 0 Å². The Morgan fingerprint density at radius 2 is 0.391 bits per heavy atom. The van der Waals surface area contributed by atoms with Crippen molar-refractivity contribution < 1.29 is 0 Å². The predicted octanol–water partition coefficient (Wildman–Crippen LogP) is 10.8. The third-order valence-corrected chi connectivity index (χ3v) is 9.63. The summed E-state index contributed by atoms with van der Waals surface area (Å²) in [7, 11) is 0. The van der Waals surface area contributed by atoms with Gasteiger partial charge in [0, 0.05) is 10.8 Å². The first-order chi connectivity index (χ1) is 22.8. The molecule has 0 aliphatic heterocycles. The Balaban J connectivity index is 1.46. The van der Waals surface area contributed by atoms with Gasteiger partial charge in [-0.1, -0.05) is 206 Å². The van der Waals surface area contributed by atoms with Crippen molar-refractivity contribution in [2.24, 2.45) is 0 Å². The van der Waals surface area contributed by atoms with E-state index in [0.717, 1.165) is 12.8 Å². The van der Waals surface area contributed by atoms with Crippen LogP contribution in [-0.2, 0) is 23.7 Å². The zero-order valence-corrected chi connectivity index (χ0v) is 26.0. The lowest BCUT2D eigenvalue weighted by Crippen LogP contribution is -2.35. The highest BCUT2D eigenvalue weighted by Gasteiger charge is 2.40. The average Bonchev–Trinajstić information content (AvgIpc) is 3.15. The minimum Gasteiger partial charge on any atom is -0.0622 e. The van der Waals surface area contributed by atoms with Crippen LogP contribution in [0.15, 0.2) is 206 Å². The van der Waals surface area contributed by atoms with Gasteiger partial charge in [0.2, 0.25) is 0 Å². The predicted molar refractivity (Wildman–Crippen MR) is 192 cm³/mol. The number of hydrogen-bond acceptors (Lipinski definition) is 0. The highest BCUT2D eigenvalue weighted by atomic mass is 14.4. The van der Waals surface area contributed by atoms with E-state index in [2.05, 4.69) is 206 Å². The Kier molecular flexibility index (Phi) is 8.44. The maximum Gasteiger partial charge on any atom is 0.0491 e. The van der Waals surface area contributed by atoms with Gasteiger partial charge in [0.25, 0.3) is 0 Å². The summed E-state index contributed by atoms with van der Waals surface area (Å²) in [5.74, 6) is 0. The van der Waals surface area contributed by atoms with E-state index in [4.69, 9.17) is 0 Å². The molecule has 0 spiro atoms. The fourth-order valence-corrected chi connectivity index (χ4v) is 7.42. The van der Waals surface area contributed by atoms with Crippen molar-refractivity contribution in [1.29, 1.82) is 0 Å². The molecule has 0 bridgehead atoms. The molecule has 46 heavy (non-hydrogen) atoms. The lowest BCUT2D eigenvalue weighted by molar-refractivity contribution is 0.585. The molecule has 0 radical (unpaired) electrons. The fourth-order valence-electron chi connectivity index (χ4n) is 7.42. The Bertz CT molecular complexity index is 1610. The van der Waals surface area contributed by atoms with Crippen LogP contribution >= 0.6 is 0 Å². The molecule has 7 rings (SSSR count). The van der Waals surface area contributed by atoms with Crippen molar-refractivity contribution in [1.82, 2.24) is 0 Å². The van der Waals surface area contributed by atoms with Gasteiger partial charge < -0.3 is 0 Å². The van der Waals surface area contributed by atoms with E-state index >= 15 is 0 Å². The minimum absolute atomic E-state index is 0.380. The lowest BCUT2D eigenvalue weighted by Gasteiger charge is -2.39. The van der Waals surface area contributed by atoms with Crippen molar-refractivity contribution in [2.45, 2.75) is 23.7 Å². The van der Waals surface area contributed by atoms with Gasteiger partial charge in [-0.3, -0.25) is 0 Å². The van der Waals surface area contributed by atoms with Crippen molar-refractivity contribution in [2.75, 3.05) is 0 Å². The molecule has 7 aromatic rings. The Hall–Kier alpha value is -5.46. The van der Waals surface area contributed by atoms with Gasteiger partial charge in [0.05, 0.1) is 0 Å². The van der Waals surface area contributed by atoms with Gasteiger partial charge in [-0.25, -0.2) is 0 Å². The molecule has 0 atom stereocenters. The van der Waals surface area contributed by atoms with Crippen LogP contribution in [0.2, 0.25) is 0 Å². The summed E-state index contributed by atoms with van der Waals surface area (Å²) >= 11 is 0. The van der Waals surface area contributed by atoms with Crippen molar-refractivity contribution in [3.05, 3.63) is 251 Å². The molecule has 0 N–H and O–H groups in total. The molecule has 0 fully saturated rings. The largest absolute Gasteiger partial charge is 0.0622 e. The van der Waals surface area contributed by atoms with Crippen LogP contribution in [0.25, 0.3) is 0 Å². The number of hydrogen-bond donors (Lipinski definition) is 0. The van der Waals surface area contributed by atoms with E-state index in [0.29, 0.717) is 0 Å². The first-order valence-corrected chi connectivity index (χ1v) is 16.2. The average molecular weight is 591 g/mol. The maximum atomic E-state index is 2.35. The molecule has 7 aromatic carbocycles. The molecule has 0 nitrogen and oxygen atoms in total. The molecular weight excluding hydrogens is 553 g/mol. The van der Waals surface area contributed by atoms with E-state index in [1.165, 1.54) is 44.5 Å². The summed E-state index contributed by atoms with van der Waals surface area (Å²) in [4.78, 5) is 0. The first kappa shape index (κ1) is 29.3. The standard InChI is InChI=1S/C46H38/c1-7-23-39(24-8-1)45(40-25-9-2-10-26-40,41-27-11-3-12-28-41)35-37-21-19-20-22-38(37)36-46(42-29-13-4-14-30-42,43-31-15-5-16-32-43)44-33-17-6-18-34-44/h1-34H,35-36H2. The molecule has 0 unspecified atom stereocenters. The lowest BCUT2D eigenvalue weighted by atomic mass is 9.63. The van der Waals surface area contributed by atoms with Crippen LogP contribution in [0.1, 0.15) is 44.5 Å². The van der Waals surface area contributed by atoms with E-state index < -0.39 is 0 Å². The summed E-state index contributed by atoms with van der Waals surface area (Å²) in [6.07, 6.45) is 1.66. The SMILES string of the molecule is c1ccc(C(Cc2ccccc2CC(c2ccccc2)(c2ccccc2)c2ccccc2)(c2ccccc2)c2ccccc2)cc1. The molecule has 0 heterocycles. The van der Waals surface area contributed by atoms with Gasteiger partial charge in [-0.2, -0.15) is 0 Å². The summed E-state index contributed by atoms with van der Waals surface area (Å²) in [5, 5.41) is 0. The second kappa shape index (κ2) is 13.3. The highest BCUT2D eigenvalue weighted by molar-refractivity contribution is 5.56. The van der Waals surface area contributed by atoms with Gasteiger partial charge in [-0.05, 0) is 57.3 Å². The zero-order chi connectivity index (χ0) is 31.1. The number of rotatable bonds is 10. The summed E-state index contributed by atoms with van der Waals surface area (Å²) < 4.78 is 0. The van der Waals surface area contributed by atoms with E-state index in [9.17, 15) is 0 Å². The Morgan fingerprint density at radius 3 is 0.587 bits per heavy atom. The third kappa shape index (κ3) is 5.48. The summed E-state index contributed by atoms with van der Waals surface area (Å²) in [6, 6.07) is 75.5. The molecule has 0 amide bonds. The Labute approximate surface area is 273 Å². The quantitative estimate of drug-likeness (QED) is 0.139. The second-order valence-electron chi connectivity index (χ2n) is 12.1. The third-order valence-electron chi connectivity index (χ3n) is 9.63. The van der Waals surface area contributed by atoms with Gasteiger partial charge >= 0.3 is 0 Å².